The molecule has 1 aliphatic rings. The fourth-order valence-corrected chi connectivity index (χ4v) is 1.75. The number of nitriles is 1. The summed E-state index contributed by atoms with van der Waals surface area (Å²) >= 11 is 0. The van der Waals surface area contributed by atoms with Crippen LogP contribution < -0.4 is 5.73 Å². The van der Waals surface area contributed by atoms with Crippen molar-refractivity contribution in [1.29, 1.82) is 5.26 Å². The summed E-state index contributed by atoms with van der Waals surface area (Å²) in [7, 11) is 0. The van der Waals surface area contributed by atoms with Gasteiger partial charge in [0.05, 0.1) is 12.7 Å². The van der Waals surface area contributed by atoms with Gasteiger partial charge in [0.1, 0.15) is 6.04 Å². The van der Waals surface area contributed by atoms with Crippen LogP contribution in [0.4, 0.5) is 0 Å². The third-order valence-electron chi connectivity index (χ3n) is 2.54. The minimum Gasteiger partial charge on any atom is -0.378 e. The Morgan fingerprint density at radius 2 is 2.00 bits per heavy atom. The summed E-state index contributed by atoms with van der Waals surface area (Å²) < 4.78 is 5.38. The molecule has 15 heavy (non-hydrogen) atoms. The number of nitrogens with two attached hydrogens (primary N) is 1. The fraction of sp³-hybridized carbons (Fsp3) is 0.917. The van der Waals surface area contributed by atoms with Crippen LogP contribution in [0.2, 0.25) is 0 Å². The highest BCUT2D eigenvalue weighted by Gasteiger charge is 2.13. The fourth-order valence-electron chi connectivity index (χ4n) is 1.75. The maximum absolute atomic E-state index is 8.42. The molecule has 3 heteroatoms. The van der Waals surface area contributed by atoms with E-state index in [2.05, 4.69) is 0 Å². The van der Waals surface area contributed by atoms with Crippen molar-refractivity contribution in [2.24, 2.45) is 11.7 Å². The molecular weight excluding hydrogens is 188 g/mol. The molecule has 0 radical (unpaired) electrons. The van der Waals surface area contributed by atoms with Gasteiger partial charge in [-0.2, -0.15) is 5.26 Å². The summed E-state index contributed by atoms with van der Waals surface area (Å²) in [4.78, 5) is 0. The van der Waals surface area contributed by atoms with E-state index in [1.165, 1.54) is 32.1 Å². The molecule has 0 aromatic rings. The van der Waals surface area contributed by atoms with Crippen molar-refractivity contribution in [3.8, 4) is 6.07 Å². The van der Waals surface area contributed by atoms with Gasteiger partial charge in [-0.25, -0.2) is 0 Å². The molecule has 0 aromatic heterocycles. The van der Waals surface area contributed by atoms with Crippen LogP contribution >= 0.6 is 0 Å². The van der Waals surface area contributed by atoms with E-state index in [-0.39, 0.29) is 1.43 Å². The van der Waals surface area contributed by atoms with E-state index < -0.39 is 6.04 Å². The lowest BCUT2D eigenvalue weighted by molar-refractivity contribution is 0.0830. The van der Waals surface area contributed by atoms with Crippen LogP contribution in [0.3, 0.4) is 0 Å². The number of nitrogens with zero attached hydrogens (tertiary/aromatic N) is 1. The minimum absolute atomic E-state index is 0. The minimum atomic E-state index is -0.455. The summed E-state index contributed by atoms with van der Waals surface area (Å²) in [5.41, 5.74) is 5.40. The summed E-state index contributed by atoms with van der Waals surface area (Å²) in [6.07, 6.45) is 6.59. The highest BCUT2D eigenvalue weighted by molar-refractivity contribution is 4.85. The Labute approximate surface area is 95.1 Å². The van der Waals surface area contributed by atoms with Gasteiger partial charge in [-0.05, 0) is 18.8 Å². The predicted molar refractivity (Wildman–Crippen MR) is 64.4 cm³/mol. The molecular formula is C12H26N2O. The van der Waals surface area contributed by atoms with Gasteiger partial charge in [-0.3, -0.25) is 0 Å². The molecule has 0 saturated heterocycles. The highest BCUT2D eigenvalue weighted by Crippen LogP contribution is 2.23. The zero-order valence-electron chi connectivity index (χ0n) is 10.0. The highest BCUT2D eigenvalue weighted by atomic mass is 16.5. The largest absolute Gasteiger partial charge is 0.378 e. The van der Waals surface area contributed by atoms with E-state index in [1.807, 2.05) is 19.9 Å². The molecule has 0 aromatic carbocycles. The Bertz CT molecular complexity index is 176. The van der Waals surface area contributed by atoms with E-state index in [4.69, 9.17) is 15.7 Å². The molecule has 0 bridgehead atoms. The topological polar surface area (TPSA) is 59.0 Å². The Hall–Kier alpha value is -0.590. The van der Waals surface area contributed by atoms with Gasteiger partial charge in [0.2, 0.25) is 0 Å². The van der Waals surface area contributed by atoms with Crippen molar-refractivity contribution in [2.45, 2.75) is 52.0 Å². The maximum atomic E-state index is 8.42. The van der Waals surface area contributed by atoms with E-state index in [1.54, 1.807) is 0 Å². The molecule has 0 heterocycles. The normalized spacial score (nSPS) is 18.5. The van der Waals surface area contributed by atoms with Crippen molar-refractivity contribution < 1.29 is 6.16 Å². The number of hydrogen-bond donors (Lipinski definition) is 1. The second-order valence-electron chi connectivity index (χ2n) is 3.78. The molecule has 2 N–H and O–H groups in total. The molecule has 1 fully saturated rings. The lowest BCUT2D eigenvalue weighted by atomic mass is 9.90. The smallest absolute Gasteiger partial charge is 0.116 e. The van der Waals surface area contributed by atoms with Gasteiger partial charge in [0.15, 0.2) is 0 Å². The standard InChI is InChI=1S/C10H18N2O.C2H6.H2/c11-6-10(12)8-13-7-9-4-2-1-3-5-9;1-2;/h9-10H,1-5,7-8,12H2;1-2H3;1H. The monoisotopic (exact) mass is 214 g/mol. The first-order chi connectivity index (χ1) is 7.33. The summed E-state index contributed by atoms with van der Waals surface area (Å²) in [5, 5.41) is 8.42. The van der Waals surface area contributed by atoms with E-state index in [0.29, 0.717) is 12.5 Å². The predicted octanol–water partition coefficient (Wildman–Crippen LogP) is 2.71. The van der Waals surface area contributed by atoms with E-state index >= 15 is 0 Å². The summed E-state index contributed by atoms with van der Waals surface area (Å²) in [6, 6.07) is 1.50. The number of rotatable bonds is 4. The molecule has 90 valence electrons. The van der Waals surface area contributed by atoms with Gasteiger partial charge >= 0.3 is 0 Å². The van der Waals surface area contributed by atoms with Crippen molar-refractivity contribution in [3.63, 3.8) is 0 Å². The molecule has 3 nitrogen and oxygen atoms in total. The zero-order valence-corrected chi connectivity index (χ0v) is 10.0. The van der Waals surface area contributed by atoms with Gasteiger partial charge in [-0.15, -0.1) is 0 Å². The number of hydrogen-bond acceptors (Lipinski definition) is 3. The first kappa shape index (κ1) is 14.4. The molecule has 1 unspecified atom stereocenters. The van der Waals surface area contributed by atoms with Gasteiger partial charge in [0, 0.05) is 8.03 Å². The molecule has 1 saturated carbocycles. The molecule has 0 spiro atoms. The molecule has 0 amide bonds. The van der Waals surface area contributed by atoms with Crippen LogP contribution in [-0.4, -0.2) is 19.3 Å². The molecule has 1 atom stereocenters. The van der Waals surface area contributed by atoms with Crippen LogP contribution in [-0.2, 0) is 4.74 Å². The SMILES string of the molecule is CC.N#CC(N)COCC1CCCCC1.[HH]. The molecule has 0 aliphatic heterocycles. The quantitative estimate of drug-likeness (QED) is 0.782. The lowest BCUT2D eigenvalue weighted by Crippen LogP contribution is -2.26. The van der Waals surface area contributed by atoms with Gasteiger partial charge in [0.25, 0.3) is 0 Å². The average molecular weight is 214 g/mol. The third kappa shape index (κ3) is 7.35. The lowest BCUT2D eigenvalue weighted by Gasteiger charge is -2.21. The van der Waals surface area contributed by atoms with Crippen molar-refractivity contribution in [2.75, 3.05) is 13.2 Å². The van der Waals surface area contributed by atoms with Crippen molar-refractivity contribution >= 4 is 0 Å². The Balaban J connectivity index is 0. The summed E-state index contributed by atoms with van der Waals surface area (Å²) in [6.45, 7) is 5.17. The van der Waals surface area contributed by atoms with Gasteiger partial charge in [-0.1, -0.05) is 33.1 Å². The van der Waals surface area contributed by atoms with Crippen LogP contribution in [0, 0.1) is 17.2 Å². The molecule has 1 rings (SSSR count). The van der Waals surface area contributed by atoms with Crippen LogP contribution in [0.5, 0.6) is 0 Å². The second kappa shape index (κ2) is 9.95. The second-order valence-corrected chi connectivity index (χ2v) is 3.78. The van der Waals surface area contributed by atoms with E-state index in [9.17, 15) is 0 Å². The van der Waals surface area contributed by atoms with Crippen molar-refractivity contribution in [3.05, 3.63) is 0 Å². The van der Waals surface area contributed by atoms with Gasteiger partial charge < -0.3 is 10.5 Å². The Morgan fingerprint density at radius 1 is 1.40 bits per heavy atom. The number of ether oxygens (including phenoxy) is 1. The van der Waals surface area contributed by atoms with Crippen LogP contribution in [0.25, 0.3) is 0 Å². The first-order valence-electron chi connectivity index (χ1n) is 6.06. The summed E-state index contributed by atoms with van der Waals surface area (Å²) in [5.74, 6) is 0.708. The first-order valence-corrected chi connectivity index (χ1v) is 6.06. The van der Waals surface area contributed by atoms with E-state index in [0.717, 1.165) is 6.61 Å². The van der Waals surface area contributed by atoms with Crippen molar-refractivity contribution in [1.82, 2.24) is 0 Å². The Kier molecular flexibility index (Phi) is 9.55. The zero-order chi connectivity index (χ0) is 11.5. The average Bonchev–Trinajstić information content (AvgIpc) is 2.33. The molecule has 1 aliphatic carbocycles. The van der Waals surface area contributed by atoms with Crippen LogP contribution in [0.15, 0.2) is 0 Å². The maximum Gasteiger partial charge on any atom is 0.116 e. The third-order valence-corrected chi connectivity index (χ3v) is 2.54. The van der Waals surface area contributed by atoms with Crippen LogP contribution in [0.1, 0.15) is 47.4 Å². The Morgan fingerprint density at radius 3 is 2.53 bits per heavy atom.